The van der Waals surface area contributed by atoms with Crippen LogP contribution in [0.2, 0.25) is 0 Å². The Balaban J connectivity index is 1.59. The van der Waals surface area contributed by atoms with E-state index in [0.717, 1.165) is 24.6 Å². The summed E-state index contributed by atoms with van der Waals surface area (Å²) < 4.78 is 5.58. The van der Waals surface area contributed by atoms with Gasteiger partial charge in [-0.1, -0.05) is 30.7 Å². The molecule has 0 spiro atoms. The zero-order valence-corrected chi connectivity index (χ0v) is 11.2. The average molecular weight is 259 g/mol. The Morgan fingerprint density at radius 3 is 2.63 bits per heavy atom. The van der Waals surface area contributed by atoms with Crippen LogP contribution in [0.3, 0.4) is 0 Å². The van der Waals surface area contributed by atoms with Gasteiger partial charge in [-0.3, -0.25) is 4.79 Å². The predicted molar refractivity (Wildman–Crippen MR) is 74.6 cm³/mol. The maximum atomic E-state index is 12.2. The van der Waals surface area contributed by atoms with Crippen molar-refractivity contribution in [3.8, 4) is 0 Å². The van der Waals surface area contributed by atoms with Crippen LogP contribution < -0.4 is 5.32 Å². The molecule has 3 rings (SSSR count). The molecule has 0 bridgehead atoms. The average Bonchev–Trinajstić information content (AvgIpc) is 2.39. The first kappa shape index (κ1) is 12.8. The van der Waals surface area contributed by atoms with Crippen molar-refractivity contribution in [2.75, 3.05) is 19.7 Å². The quantitative estimate of drug-likeness (QED) is 0.844. The highest BCUT2D eigenvalue weighted by Crippen LogP contribution is 2.36. The van der Waals surface area contributed by atoms with Crippen LogP contribution in [0, 0.1) is 0 Å². The zero-order valence-electron chi connectivity index (χ0n) is 11.2. The fraction of sp³-hybridized carbons (Fsp3) is 0.562. The smallest absolute Gasteiger partial charge is 0.165 e. The van der Waals surface area contributed by atoms with Gasteiger partial charge in [0.1, 0.15) is 0 Å². The lowest BCUT2D eigenvalue weighted by molar-refractivity contribution is 0.0240. The highest BCUT2D eigenvalue weighted by molar-refractivity contribution is 5.96. The lowest BCUT2D eigenvalue weighted by Crippen LogP contribution is -2.39. The van der Waals surface area contributed by atoms with Gasteiger partial charge in [0, 0.05) is 25.1 Å². The molecule has 1 aliphatic carbocycles. The van der Waals surface area contributed by atoms with Gasteiger partial charge in [0.15, 0.2) is 5.78 Å². The lowest BCUT2D eigenvalue weighted by atomic mass is 9.80. The Morgan fingerprint density at radius 1 is 1.26 bits per heavy atom. The third-order valence-corrected chi connectivity index (χ3v) is 4.23. The highest BCUT2D eigenvalue weighted by atomic mass is 16.5. The molecule has 2 fully saturated rings. The fourth-order valence-corrected chi connectivity index (χ4v) is 2.76. The molecule has 3 heteroatoms. The normalized spacial score (nSPS) is 23.9. The van der Waals surface area contributed by atoms with E-state index in [4.69, 9.17) is 4.74 Å². The van der Waals surface area contributed by atoms with Gasteiger partial charge in [0.25, 0.3) is 0 Å². The van der Waals surface area contributed by atoms with E-state index in [0.29, 0.717) is 13.0 Å². The molecule has 1 aliphatic heterocycles. The molecule has 0 radical (unpaired) electrons. The van der Waals surface area contributed by atoms with Gasteiger partial charge in [-0.2, -0.15) is 0 Å². The number of carbonyl (C=O) groups excluding carboxylic acids is 1. The number of hydrogen-bond acceptors (Lipinski definition) is 3. The van der Waals surface area contributed by atoms with Crippen LogP contribution in [-0.2, 0) is 4.74 Å². The van der Waals surface area contributed by atoms with E-state index in [-0.39, 0.29) is 11.9 Å². The van der Waals surface area contributed by atoms with Crippen LogP contribution in [0.4, 0.5) is 0 Å². The molecule has 3 nitrogen and oxygen atoms in total. The van der Waals surface area contributed by atoms with E-state index in [1.165, 1.54) is 24.8 Å². The van der Waals surface area contributed by atoms with Gasteiger partial charge in [-0.25, -0.2) is 0 Å². The molecular weight excluding hydrogens is 238 g/mol. The van der Waals surface area contributed by atoms with E-state index in [2.05, 4.69) is 17.4 Å². The first-order valence-corrected chi connectivity index (χ1v) is 7.28. The van der Waals surface area contributed by atoms with Crippen LogP contribution in [-0.4, -0.2) is 31.6 Å². The molecule has 1 heterocycles. The van der Waals surface area contributed by atoms with E-state index in [1.54, 1.807) is 0 Å². The van der Waals surface area contributed by atoms with Gasteiger partial charge in [0.2, 0.25) is 0 Å². The fourth-order valence-electron chi connectivity index (χ4n) is 2.76. The summed E-state index contributed by atoms with van der Waals surface area (Å²) >= 11 is 0. The molecule has 1 atom stereocenters. The van der Waals surface area contributed by atoms with Crippen molar-refractivity contribution in [3.63, 3.8) is 0 Å². The standard InChI is InChI=1S/C16H21NO2/c18-16(10-15-11-17-8-9-19-15)14-6-4-13(5-7-14)12-2-1-3-12/h4-7,12,15,17H,1-3,8-11H2. The molecule has 1 saturated carbocycles. The largest absolute Gasteiger partial charge is 0.375 e. The molecule has 1 N–H and O–H groups in total. The van der Waals surface area contributed by atoms with Gasteiger partial charge in [-0.05, 0) is 24.3 Å². The summed E-state index contributed by atoms with van der Waals surface area (Å²) in [6.07, 6.45) is 4.46. The number of rotatable bonds is 4. The number of morpholine rings is 1. The number of Topliss-reactive ketones (excluding diaryl/α,β-unsaturated/α-hetero) is 1. The molecule has 102 valence electrons. The number of benzene rings is 1. The van der Waals surface area contributed by atoms with E-state index >= 15 is 0 Å². The molecule has 1 aromatic carbocycles. The third kappa shape index (κ3) is 3.04. The van der Waals surface area contributed by atoms with Crippen molar-refractivity contribution in [2.45, 2.75) is 37.7 Å². The molecule has 19 heavy (non-hydrogen) atoms. The Morgan fingerprint density at radius 2 is 2.05 bits per heavy atom. The van der Waals surface area contributed by atoms with Gasteiger partial charge < -0.3 is 10.1 Å². The first-order chi connectivity index (χ1) is 9.33. The summed E-state index contributed by atoms with van der Waals surface area (Å²) in [5.74, 6) is 0.920. The minimum absolute atomic E-state index is 0.0348. The summed E-state index contributed by atoms with van der Waals surface area (Å²) in [6, 6.07) is 8.20. The van der Waals surface area contributed by atoms with E-state index in [9.17, 15) is 4.79 Å². The van der Waals surface area contributed by atoms with Gasteiger partial charge >= 0.3 is 0 Å². The summed E-state index contributed by atoms with van der Waals surface area (Å²) in [6.45, 7) is 2.38. The Labute approximate surface area is 114 Å². The number of hydrogen-bond donors (Lipinski definition) is 1. The topological polar surface area (TPSA) is 38.3 Å². The predicted octanol–water partition coefficient (Wildman–Crippen LogP) is 2.52. The van der Waals surface area contributed by atoms with Crippen molar-refractivity contribution in [1.82, 2.24) is 5.32 Å². The van der Waals surface area contributed by atoms with E-state index < -0.39 is 0 Å². The van der Waals surface area contributed by atoms with Gasteiger partial charge in [-0.15, -0.1) is 0 Å². The molecule has 0 aromatic heterocycles. The van der Waals surface area contributed by atoms with Crippen molar-refractivity contribution in [1.29, 1.82) is 0 Å². The molecule has 1 saturated heterocycles. The Hall–Kier alpha value is -1.19. The molecule has 0 amide bonds. The van der Waals surface area contributed by atoms with Crippen molar-refractivity contribution in [2.24, 2.45) is 0 Å². The number of ketones is 1. The Kier molecular flexibility index (Phi) is 3.95. The minimum atomic E-state index is 0.0348. The van der Waals surface area contributed by atoms with Crippen LogP contribution in [0.5, 0.6) is 0 Å². The summed E-state index contributed by atoms with van der Waals surface area (Å²) in [5, 5.41) is 3.25. The number of carbonyl (C=O) groups is 1. The minimum Gasteiger partial charge on any atom is -0.375 e. The third-order valence-electron chi connectivity index (χ3n) is 4.23. The van der Waals surface area contributed by atoms with Crippen molar-refractivity contribution >= 4 is 5.78 Å². The second-order valence-electron chi connectivity index (χ2n) is 5.57. The summed E-state index contributed by atoms with van der Waals surface area (Å²) in [4.78, 5) is 12.2. The first-order valence-electron chi connectivity index (χ1n) is 7.28. The van der Waals surface area contributed by atoms with Crippen molar-refractivity contribution < 1.29 is 9.53 Å². The molecular formula is C16H21NO2. The van der Waals surface area contributed by atoms with Crippen LogP contribution >= 0.6 is 0 Å². The SMILES string of the molecule is O=C(CC1CNCCO1)c1ccc(C2CCC2)cc1. The summed E-state index contributed by atoms with van der Waals surface area (Å²) in [7, 11) is 0. The zero-order chi connectivity index (χ0) is 13.1. The maximum Gasteiger partial charge on any atom is 0.165 e. The van der Waals surface area contributed by atoms with Crippen molar-refractivity contribution in [3.05, 3.63) is 35.4 Å². The highest BCUT2D eigenvalue weighted by Gasteiger charge is 2.21. The Bertz CT molecular complexity index is 431. The van der Waals surface area contributed by atoms with Gasteiger partial charge in [0.05, 0.1) is 12.7 Å². The van der Waals surface area contributed by atoms with E-state index in [1.807, 2.05) is 12.1 Å². The van der Waals surface area contributed by atoms with Crippen LogP contribution in [0.15, 0.2) is 24.3 Å². The number of nitrogens with one attached hydrogen (secondary N) is 1. The monoisotopic (exact) mass is 259 g/mol. The molecule has 1 aromatic rings. The second kappa shape index (κ2) is 5.85. The van der Waals surface area contributed by atoms with Crippen LogP contribution in [0.1, 0.15) is 47.5 Å². The maximum absolute atomic E-state index is 12.2. The molecule has 1 unspecified atom stereocenters. The summed E-state index contributed by atoms with van der Waals surface area (Å²) in [5.41, 5.74) is 2.20. The lowest BCUT2D eigenvalue weighted by Gasteiger charge is -2.26. The second-order valence-corrected chi connectivity index (χ2v) is 5.57. The number of ether oxygens (including phenoxy) is 1. The van der Waals surface area contributed by atoms with Crippen LogP contribution in [0.25, 0.3) is 0 Å². The molecule has 2 aliphatic rings.